The van der Waals surface area contributed by atoms with Crippen LogP contribution in [0.5, 0.6) is 5.75 Å². The summed E-state index contributed by atoms with van der Waals surface area (Å²) < 4.78 is 18.7. The zero-order valence-corrected chi connectivity index (χ0v) is 19.5. The minimum absolute atomic E-state index is 0.00381. The molecule has 4 rings (SSSR count). The van der Waals surface area contributed by atoms with Gasteiger partial charge in [0, 0.05) is 24.3 Å². The summed E-state index contributed by atoms with van der Waals surface area (Å²) in [6.45, 7) is 3.93. The number of hydrogen-bond donors (Lipinski definition) is 1. The number of halogens is 3. The minimum Gasteiger partial charge on any atom is -0.481 e. The van der Waals surface area contributed by atoms with E-state index in [0.717, 1.165) is 55.4 Å². The predicted octanol–water partition coefficient (Wildman–Crippen LogP) is 5.84. The number of ether oxygens (including phenoxy) is 1. The summed E-state index contributed by atoms with van der Waals surface area (Å²) in [6, 6.07) is 13.3. The number of carbonyl (C=O) groups excluding carboxylic acids is 1. The molecule has 0 saturated carbocycles. The highest BCUT2D eigenvalue weighted by Crippen LogP contribution is 2.33. The number of piperidine rings is 1. The number of rotatable bonds is 6. The van der Waals surface area contributed by atoms with Crippen molar-refractivity contribution in [2.45, 2.75) is 19.8 Å². The quantitative estimate of drug-likeness (QED) is 0.471. The second-order valence-corrected chi connectivity index (χ2v) is 8.88. The van der Waals surface area contributed by atoms with Gasteiger partial charge in [0.25, 0.3) is 5.91 Å². The third-order valence-electron chi connectivity index (χ3n) is 5.51. The molecule has 0 aliphatic carbocycles. The van der Waals surface area contributed by atoms with E-state index in [9.17, 15) is 9.18 Å². The van der Waals surface area contributed by atoms with Gasteiger partial charge in [-0.2, -0.15) is 0 Å². The Balaban J connectivity index is 1.38. The van der Waals surface area contributed by atoms with Crippen molar-refractivity contribution in [2.75, 3.05) is 29.9 Å². The van der Waals surface area contributed by atoms with Gasteiger partial charge in [0.1, 0.15) is 5.82 Å². The van der Waals surface area contributed by atoms with Gasteiger partial charge < -0.3 is 15.0 Å². The summed E-state index contributed by atoms with van der Waals surface area (Å²) in [5.74, 6) is 0.693. The molecular weight excluding hydrogens is 466 g/mol. The van der Waals surface area contributed by atoms with E-state index in [1.165, 1.54) is 0 Å². The number of benzene rings is 2. The largest absolute Gasteiger partial charge is 0.481 e. The summed E-state index contributed by atoms with van der Waals surface area (Å²) in [5.41, 5.74) is 2.11. The first-order chi connectivity index (χ1) is 15.9. The Bertz CT molecular complexity index is 1110. The number of anilines is 2. The number of amides is 1. The van der Waals surface area contributed by atoms with E-state index >= 15 is 0 Å². The zero-order chi connectivity index (χ0) is 23.4. The summed E-state index contributed by atoms with van der Waals surface area (Å²) >= 11 is 11.9. The highest BCUT2D eigenvalue weighted by Gasteiger charge is 2.17. The molecule has 6 nitrogen and oxygen atoms in total. The molecule has 9 heteroatoms. The van der Waals surface area contributed by atoms with Crippen molar-refractivity contribution in [3.05, 3.63) is 64.4 Å². The molecular formula is C24H23Cl2FN4O2. The van der Waals surface area contributed by atoms with Gasteiger partial charge in [-0.1, -0.05) is 42.3 Å². The Morgan fingerprint density at radius 3 is 2.52 bits per heavy atom. The summed E-state index contributed by atoms with van der Waals surface area (Å²) in [4.78, 5) is 14.6. The van der Waals surface area contributed by atoms with Crippen LogP contribution in [0.2, 0.25) is 10.0 Å². The predicted molar refractivity (Wildman–Crippen MR) is 129 cm³/mol. The summed E-state index contributed by atoms with van der Waals surface area (Å²) in [5, 5.41) is 11.5. The van der Waals surface area contributed by atoms with Crippen molar-refractivity contribution in [3.8, 4) is 17.0 Å². The lowest BCUT2D eigenvalue weighted by molar-refractivity contribution is -0.118. The molecule has 3 aromatic rings. The maximum atomic E-state index is 13.3. The van der Waals surface area contributed by atoms with E-state index in [2.05, 4.69) is 27.3 Å². The lowest BCUT2D eigenvalue weighted by Crippen LogP contribution is -2.33. The van der Waals surface area contributed by atoms with E-state index in [1.807, 2.05) is 30.3 Å². The molecule has 0 unspecified atom stereocenters. The van der Waals surface area contributed by atoms with Gasteiger partial charge in [-0.3, -0.25) is 4.79 Å². The molecule has 172 valence electrons. The highest BCUT2D eigenvalue weighted by molar-refractivity contribution is 6.37. The summed E-state index contributed by atoms with van der Waals surface area (Å²) in [7, 11) is 0. The van der Waals surface area contributed by atoms with Gasteiger partial charge in [-0.15, -0.1) is 10.2 Å². The monoisotopic (exact) mass is 488 g/mol. The number of nitrogens with one attached hydrogen (secondary N) is 1. The van der Waals surface area contributed by atoms with Gasteiger partial charge in [0.2, 0.25) is 0 Å². The van der Waals surface area contributed by atoms with Crippen LogP contribution in [-0.2, 0) is 4.79 Å². The lowest BCUT2D eigenvalue weighted by atomic mass is 9.99. The molecule has 0 bridgehead atoms. The molecule has 1 N–H and O–H groups in total. The Kier molecular flexibility index (Phi) is 7.30. The van der Waals surface area contributed by atoms with Crippen molar-refractivity contribution in [1.82, 2.24) is 10.2 Å². The van der Waals surface area contributed by atoms with Gasteiger partial charge >= 0.3 is 0 Å². The Hall–Kier alpha value is -2.90. The van der Waals surface area contributed by atoms with Gasteiger partial charge in [0.15, 0.2) is 18.2 Å². The second kappa shape index (κ2) is 10.4. The maximum Gasteiger partial charge on any atom is 0.262 e. The molecule has 1 aliphatic heterocycles. The average Bonchev–Trinajstić information content (AvgIpc) is 2.79. The number of hydrogen-bond acceptors (Lipinski definition) is 5. The fraction of sp³-hybridized carbons (Fsp3) is 0.292. The maximum absolute atomic E-state index is 13.3. The first kappa shape index (κ1) is 23.3. The van der Waals surface area contributed by atoms with E-state index in [-0.39, 0.29) is 22.4 Å². The molecule has 2 heterocycles. The third-order valence-corrected chi connectivity index (χ3v) is 6.07. The van der Waals surface area contributed by atoms with Crippen LogP contribution in [0.25, 0.3) is 11.3 Å². The molecule has 33 heavy (non-hydrogen) atoms. The van der Waals surface area contributed by atoms with Crippen molar-refractivity contribution in [2.24, 2.45) is 5.92 Å². The minimum atomic E-state index is -0.583. The van der Waals surface area contributed by atoms with Crippen LogP contribution in [0.15, 0.2) is 48.5 Å². The van der Waals surface area contributed by atoms with Gasteiger partial charge in [-0.05, 0) is 55.2 Å². The molecule has 0 radical (unpaired) electrons. The van der Waals surface area contributed by atoms with Gasteiger partial charge in [0.05, 0.1) is 15.7 Å². The van der Waals surface area contributed by atoms with Crippen molar-refractivity contribution >= 4 is 40.6 Å². The number of aromatic nitrogens is 2. The van der Waals surface area contributed by atoms with Crippen LogP contribution < -0.4 is 15.0 Å². The molecule has 1 amide bonds. The van der Waals surface area contributed by atoms with Crippen LogP contribution in [-0.4, -0.2) is 35.8 Å². The first-order valence-corrected chi connectivity index (χ1v) is 11.4. The van der Waals surface area contributed by atoms with Crippen LogP contribution >= 0.6 is 23.2 Å². The number of carbonyl (C=O) groups is 1. The third kappa shape index (κ3) is 5.92. The SMILES string of the molecule is CC1CCN(c2ccc(-c3cccc(NC(=O)COc4c(Cl)cc(F)cc4Cl)c3)nn2)CC1. The van der Waals surface area contributed by atoms with E-state index in [4.69, 9.17) is 27.9 Å². The zero-order valence-electron chi connectivity index (χ0n) is 18.0. The molecule has 1 aromatic heterocycles. The topological polar surface area (TPSA) is 67.4 Å². The fourth-order valence-corrected chi connectivity index (χ4v) is 4.21. The van der Waals surface area contributed by atoms with Crippen molar-refractivity contribution in [3.63, 3.8) is 0 Å². The van der Waals surface area contributed by atoms with Crippen molar-refractivity contribution in [1.29, 1.82) is 0 Å². The number of nitrogens with zero attached hydrogens (tertiary/aromatic N) is 3. The normalized spacial score (nSPS) is 14.2. The van der Waals surface area contributed by atoms with Crippen LogP contribution in [0, 0.1) is 11.7 Å². The van der Waals surface area contributed by atoms with E-state index < -0.39 is 11.7 Å². The standard InChI is InChI=1S/C24H23Cl2FN4O2/c1-15-7-9-31(10-8-15)22-6-5-21(29-30-22)16-3-2-4-18(11-16)28-23(32)14-33-24-19(25)12-17(27)13-20(24)26/h2-6,11-13,15H,7-10,14H2,1H3,(H,28,32). The van der Waals surface area contributed by atoms with Gasteiger partial charge in [-0.25, -0.2) is 4.39 Å². The average molecular weight is 489 g/mol. The van der Waals surface area contributed by atoms with E-state index in [0.29, 0.717) is 11.4 Å². The lowest BCUT2D eigenvalue weighted by Gasteiger charge is -2.30. The van der Waals surface area contributed by atoms with Crippen LogP contribution in [0.3, 0.4) is 0 Å². The molecule has 2 aromatic carbocycles. The van der Waals surface area contributed by atoms with Crippen LogP contribution in [0.4, 0.5) is 15.9 Å². The smallest absolute Gasteiger partial charge is 0.262 e. The van der Waals surface area contributed by atoms with E-state index in [1.54, 1.807) is 6.07 Å². The fourth-order valence-electron chi connectivity index (χ4n) is 3.64. The summed E-state index contributed by atoms with van der Waals surface area (Å²) in [6.07, 6.45) is 2.32. The highest BCUT2D eigenvalue weighted by atomic mass is 35.5. The Labute approximate surface area is 201 Å². The molecule has 1 saturated heterocycles. The first-order valence-electron chi connectivity index (χ1n) is 10.7. The Morgan fingerprint density at radius 1 is 1.12 bits per heavy atom. The molecule has 1 aliphatic rings. The molecule has 0 atom stereocenters. The molecule has 1 fully saturated rings. The Morgan fingerprint density at radius 2 is 1.85 bits per heavy atom. The molecule has 0 spiro atoms. The second-order valence-electron chi connectivity index (χ2n) is 8.06. The van der Waals surface area contributed by atoms with Crippen molar-refractivity contribution < 1.29 is 13.9 Å². The van der Waals surface area contributed by atoms with Crippen LogP contribution in [0.1, 0.15) is 19.8 Å².